The van der Waals surface area contributed by atoms with Gasteiger partial charge in [-0.1, -0.05) is 55.9 Å². The van der Waals surface area contributed by atoms with Crippen LogP contribution in [0.15, 0.2) is 18.2 Å². The van der Waals surface area contributed by atoms with Gasteiger partial charge in [0.15, 0.2) is 0 Å². The molecule has 2 rings (SSSR count). The monoisotopic (exact) mass is 438 g/mol. The van der Waals surface area contributed by atoms with Crippen molar-refractivity contribution in [1.29, 1.82) is 0 Å². The molecule has 1 fully saturated rings. The molecule has 108 valence electrons. The zero-order chi connectivity index (χ0) is 13.0. The van der Waals surface area contributed by atoms with Crippen molar-refractivity contribution in [3.8, 4) is 0 Å². The average molecular weight is 439 g/mol. The number of hydrogen-bond donors (Lipinski definition) is 0. The van der Waals surface area contributed by atoms with Gasteiger partial charge in [-0.2, -0.15) is 0 Å². The van der Waals surface area contributed by atoms with Gasteiger partial charge in [-0.05, 0) is 36.0 Å². The summed E-state index contributed by atoms with van der Waals surface area (Å²) in [6.07, 6.45) is 5.60. The SMILES string of the molecule is C.[BH]CCCC1(c2ccc(Cl)c(Cl)c2)CCC[N-]C1.[Pr]. The van der Waals surface area contributed by atoms with E-state index < -0.39 is 0 Å². The molecule has 1 heterocycles. The number of benzene rings is 1. The fourth-order valence-electron chi connectivity index (χ4n) is 2.77. The maximum Gasteiger partial charge on any atom is 0.0865 e. The van der Waals surface area contributed by atoms with Crippen LogP contribution in [0.2, 0.25) is 16.4 Å². The molecule has 0 N–H and O–H groups in total. The van der Waals surface area contributed by atoms with Crippen LogP contribution in [0, 0.1) is 41.3 Å². The first-order chi connectivity index (χ1) is 8.68. The summed E-state index contributed by atoms with van der Waals surface area (Å²) in [6.45, 7) is 1.90. The van der Waals surface area contributed by atoms with Gasteiger partial charge in [0.1, 0.15) is 0 Å². The molecule has 0 aliphatic carbocycles. The summed E-state index contributed by atoms with van der Waals surface area (Å²) in [5.74, 6) is 0. The molecule has 1 nitrogen and oxygen atoms in total. The van der Waals surface area contributed by atoms with Gasteiger partial charge in [0.2, 0.25) is 0 Å². The van der Waals surface area contributed by atoms with Crippen molar-refractivity contribution in [2.24, 2.45) is 0 Å². The first-order valence-corrected chi connectivity index (χ1v) is 7.32. The molecule has 20 heavy (non-hydrogen) atoms. The number of hydrogen-bond acceptors (Lipinski definition) is 0. The molecule has 2 radical (unpaired) electrons. The molecule has 1 aliphatic heterocycles. The number of halogens is 2. The van der Waals surface area contributed by atoms with Crippen molar-refractivity contribution in [1.82, 2.24) is 0 Å². The fraction of sp³-hybridized carbons (Fsp3) is 0.600. The van der Waals surface area contributed by atoms with E-state index in [1.54, 1.807) is 0 Å². The van der Waals surface area contributed by atoms with Crippen LogP contribution in [0.4, 0.5) is 0 Å². The minimum atomic E-state index is 0. The zero-order valence-electron chi connectivity index (χ0n) is 11.2. The molecule has 0 amide bonds. The predicted molar refractivity (Wildman–Crippen MR) is 88.4 cm³/mol. The Labute approximate surface area is 167 Å². The van der Waals surface area contributed by atoms with Crippen LogP contribution in [-0.4, -0.2) is 20.9 Å². The van der Waals surface area contributed by atoms with Crippen molar-refractivity contribution in [3.63, 3.8) is 0 Å². The van der Waals surface area contributed by atoms with E-state index in [4.69, 9.17) is 23.2 Å². The summed E-state index contributed by atoms with van der Waals surface area (Å²) in [7, 11) is 3.95. The van der Waals surface area contributed by atoms with Crippen LogP contribution in [-0.2, 0) is 5.41 Å². The summed E-state index contributed by atoms with van der Waals surface area (Å²) in [5, 5.41) is 5.89. The number of nitrogens with zero attached hydrogens (tertiary/aromatic N) is 1. The Balaban J connectivity index is 0.00000180. The van der Waals surface area contributed by atoms with Crippen LogP contribution in [0.5, 0.6) is 0 Å². The van der Waals surface area contributed by atoms with E-state index in [9.17, 15) is 0 Å². The van der Waals surface area contributed by atoms with E-state index in [1.165, 1.54) is 12.0 Å². The van der Waals surface area contributed by atoms with Gasteiger partial charge in [0.25, 0.3) is 0 Å². The normalized spacial score (nSPS) is 21.7. The molecule has 1 aromatic carbocycles. The van der Waals surface area contributed by atoms with E-state index in [2.05, 4.69) is 19.2 Å². The van der Waals surface area contributed by atoms with Crippen LogP contribution >= 0.6 is 23.2 Å². The van der Waals surface area contributed by atoms with E-state index in [0.29, 0.717) is 10.0 Å². The maximum absolute atomic E-state index is 6.15. The van der Waals surface area contributed by atoms with Crippen LogP contribution < -0.4 is 0 Å². The zero-order valence-corrected chi connectivity index (χ0v) is 16.4. The molecule has 0 saturated carbocycles. The van der Waals surface area contributed by atoms with Gasteiger partial charge in [-0.15, -0.1) is 13.1 Å². The third-order valence-corrected chi connectivity index (χ3v) is 4.56. The van der Waals surface area contributed by atoms with Crippen molar-refractivity contribution in [2.75, 3.05) is 13.1 Å². The predicted octanol–water partition coefficient (Wildman–Crippen LogP) is 5.13. The molecule has 1 saturated heterocycles. The summed E-state index contributed by atoms with van der Waals surface area (Å²) in [4.78, 5) is 0. The van der Waals surface area contributed by atoms with E-state index in [1.807, 2.05) is 12.1 Å². The smallest absolute Gasteiger partial charge is 0.0865 e. The molecule has 1 aromatic rings. The van der Waals surface area contributed by atoms with Gasteiger partial charge < -0.3 is 5.32 Å². The number of rotatable bonds is 4. The molecule has 0 aromatic heterocycles. The van der Waals surface area contributed by atoms with Crippen LogP contribution in [0.25, 0.3) is 5.32 Å². The van der Waals surface area contributed by atoms with Crippen molar-refractivity contribution in [2.45, 2.75) is 44.8 Å². The third-order valence-electron chi connectivity index (χ3n) is 3.82. The van der Waals surface area contributed by atoms with E-state index in [0.717, 1.165) is 38.7 Å². The summed E-state index contributed by atoms with van der Waals surface area (Å²) in [5.41, 5.74) is 1.44. The van der Waals surface area contributed by atoms with Crippen molar-refractivity contribution in [3.05, 3.63) is 39.1 Å². The minimum absolute atomic E-state index is 0. The van der Waals surface area contributed by atoms with Gasteiger partial charge in [0.05, 0.1) is 17.9 Å². The fourth-order valence-corrected chi connectivity index (χ4v) is 3.07. The number of piperidine rings is 1. The Morgan fingerprint density at radius 2 is 2.00 bits per heavy atom. The molecule has 1 unspecified atom stereocenters. The Bertz CT molecular complexity index is 409. The van der Waals surface area contributed by atoms with Crippen LogP contribution in [0.1, 0.15) is 38.7 Å². The topological polar surface area (TPSA) is 14.1 Å². The quantitative estimate of drug-likeness (QED) is 0.578. The Hall–Kier alpha value is 1.19. The second-order valence-electron chi connectivity index (χ2n) is 5.08. The Morgan fingerprint density at radius 1 is 1.25 bits per heavy atom. The third kappa shape index (κ3) is 5.13. The maximum atomic E-state index is 6.15. The Morgan fingerprint density at radius 3 is 2.55 bits per heavy atom. The van der Waals surface area contributed by atoms with Gasteiger partial charge in [-0.25, -0.2) is 0 Å². The largest absolute Gasteiger partial charge is 0.662 e. The molecule has 0 bridgehead atoms. The first-order valence-electron chi connectivity index (χ1n) is 6.56. The molecule has 0 spiro atoms. The summed E-state index contributed by atoms with van der Waals surface area (Å²) < 4.78 is 0. The summed E-state index contributed by atoms with van der Waals surface area (Å²) >= 11 is 12.2. The standard InChI is InChI=1S/C14H18BCl2N.CH4.Pr/c15-7-1-5-14(6-2-8-18-10-14)11-3-4-12(16)13(17)9-11;;/h3-4,9,15H,1-2,5-8,10H2;1H4;/q-1;;. The molecular weight excluding hydrogens is 417 g/mol. The van der Waals surface area contributed by atoms with Crippen molar-refractivity contribution < 1.29 is 41.3 Å². The van der Waals surface area contributed by atoms with Crippen LogP contribution in [0.3, 0.4) is 0 Å². The molecule has 5 heteroatoms. The minimum Gasteiger partial charge on any atom is -0.662 e. The average Bonchev–Trinajstić information content (AvgIpc) is 2.40. The van der Waals surface area contributed by atoms with Gasteiger partial charge >= 0.3 is 0 Å². The Kier molecular flexibility index (Phi) is 10.7. The van der Waals surface area contributed by atoms with Gasteiger partial charge in [-0.3, -0.25) is 0 Å². The van der Waals surface area contributed by atoms with E-state index >= 15 is 0 Å². The first kappa shape index (κ1) is 21.2. The van der Waals surface area contributed by atoms with Gasteiger partial charge in [0, 0.05) is 41.3 Å². The van der Waals surface area contributed by atoms with E-state index in [-0.39, 0.29) is 54.1 Å². The second kappa shape index (κ2) is 10.1. The van der Waals surface area contributed by atoms with Crippen molar-refractivity contribution >= 4 is 31.0 Å². The summed E-state index contributed by atoms with van der Waals surface area (Å²) in [6, 6.07) is 6.03. The molecular formula is C15H22BCl2NPr-. The molecule has 1 aliphatic rings. The second-order valence-corrected chi connectivity index (χ2v) is 5.89. The molecule has 1 atom stereocenters.